The molecule has 0 bridgehead atoms. The molecule has 39 heavy (non-hydrogen) atoms. The number of hydrogen-bond donors (Lipinski definition) is 0. The first-order chi connectivity index (χ1) is 18.9. The lowest BCUT2D eigenvalue weighted by Gasteiger charge is -2.20. The maximum atomic E-state index is 13.7. The highest BCUT2D eigenvalue weighted by molar-refractivity contribution is 6.31. The molecule has 3 aromatic heterocycles. The van der Waals surface area contributed by atoms with Crippen LogP contribution in [-0.4, -0.2) is 30.4 Å². The number of nitrogens with zero attached hydrogens (tertiary/aromatic N) is 6. The standard InChI is InChI=1S/C29H20Cl2N6O2/c1-14-19-4-2-15(8-26(19)39-34-14)23-6-17(12-32-23)29-22-11-21(22)25-7-16(9-28(38)37(25)29)20-10-18(30)3-5-24(20)36-13-27(31)33-35-36/h2-5,7-10,12-13,21-22,29H,6,11H2,1H3. The van der Waals surface area contributed by atoms with Gasteiger partial charge < -0.3 is 9.09 Å². The molecular weight excluding hydrogens is 535 g/mol. The Balaban J connectivity index is 1.14. The second kappa shape index (κ2) is 8.24. The third-order valence-electron chi connectivity index (χ3n) is 8.11. The molecule has 0 saturated heterocycles. The predicted molar refractivity (Wildman–Crippen MR) is 149 cm³/mol. The van der Waals surface area contributed by atoms with Crippen molar-refractivity contribution in [2.24, 2.45) is 10.9 Å². The van der Waals surface area contributed by atoms with E-state index in [-0.39, 0.29) is 16.8 Å². The minimum Gasteiger partial charge on any atom is -0.356 e. The highest BCUT2D eigenvalue weighted by Gasteiger charge is 2.54. The van der Waals surface area contributed by atoms with Crippen molar-refractivity contribution in [3.63, 3.8) is 0 Å². The fraction of sp³-hybridized carbons (Fsp3) is 0.207. The molecule has 3 unspecified atom stereocenters. The molecule has 0 amide bonds. The lowest BCUT2D eigenvalue weighted by atomic mass is 9.96. The summed E-state index contributed by atoms with van der Waals surface area (Å²) < 4.78 is 9.03. The molecule has 3 atom stereocenters. The molecule has 2 aromatic carbocycles. The third-order valence-corrected chi connectivity index (χ3v) is 8.51. The topological polar surface area (TPSA) is 91.1 Å². The summed E-state index contributed by atoms with van der Waals surface area (Å²) in [7, 11) is 0. The Bertz CT molecular complexity index is 1970. The van der Waals surface area contributed by atoms with E-state index < -0.39 is 0 Å². The molecule has 10 heteroatoms. The fourth-order valence-electron chi connectivity index (χ4n) is 6.22. The molecule has 8 rings (SSSR count). The summed E-state index contributed by atoms with van der Waals surface area (Å²) in [4.78, 5) is 18.4. The maximum absolute atomic E-state index is 13.7. The normalized spacial score (nSPS) is 21.2. The number of aromatic nitrogens is 5. The number of halogens is 2. The first kappa shape index (κ1) is 22.9. The van der Waals surface area contributed by atoms with E-state index >= 15 is 0 Å². The Morgan fingerprint density at radius 2 is 1.95 bits per heavy atom. The SMILES string of the molecule is Cc1noc2cc(C3=NC=C(C4C5CC5c5cc(-c6cc(Cl)ccc6-n6cc(Cl)nn6)cc(=O)n54)C3)ccc12. The number of aliphatic imine (C=N–C) groups is 1. The molecule has 8 nitrogen and oxygen atoms in total. The van der Waals surface area contributed by atoms with Crippen molar-refractivity contribution in [2.75, 3.05) is 0 Å². The zero-order chi connectivity index (χ0) is 26.4. The van der Waals surface area contributed by atoms with Gasteiger partial charge in [0, 0.05) is 51.8 Å². The van der Waals surface area contributed by atoms with Gasteiger partial charge in [-0.2, -0.15) is 0 Å². The van der Waals surface area contributed by atoms with Gasteiger partial charge in [-0.05, 0) is 66.8 Å². The minimum atomic E-state index is -0.0323. The average molecular weight is 555 g/mol. The van der Waals surface area contributed by atoms with Crippen LogP contribution < -0.4 is 5.56 Å². The number of benzene rings is 2. The smallest absolute Gasteiger partial charge is 0.251 e. The highest BCUT2D eigenvalue weighted by atomic mass is 35.5. The van der Waals surface area contributed by atoms with Gasteiger partial charge in [0.15, 0.2) is 10.7 Å². The van der Waals surface area contributed by atoms with Crippen LogP contribution in [-0.2, 0) is 0 Å². The van der Waals surface area contributed by atoms with Crippen LogP contribution in [0.25, 0.3) is 27.8 Å². The molecule has 1 fully saturated rings. The van der Waals surface area contributed by atoms with Gasteiger partial charge in [-0.25, -0.2) is 4.68 Å². The Kier molecular flexibility index (Phi) is 4.85. The maximum Gasteiger partial charge on any atom is 0.251 e. The molecule has 1 aliphatic carbocycles. The van der Waals surface area contributed by atoms with Crippen molar-refractivity contribution < 1.29 is 4.52 Å². The zero-order valence-electron chi connectivity index (χ0n) is 20.7. The molecular formula is C29H20Cl2N6O2. The summed E-state index contributed by atoms with van der Waals surface area (Å²) in [6.45, 7) is 1.93. The van der Waals surface area contributed by atoms with E-state index in [4.69, 9.17) is 32.7 Å². The summed E-state index contributed by atoms with van der Waals surface area (Å²) >= 11 is 12.4. The monoisotopic (exact) mass is 554 g/mol. The average Bonchev–Trinajstić information content (AvgIpc) is 3.28. The van der Waals surface area contributed by atoms with Gasteiger partial charge in [-0.3, -0.25) is 9.79 Å². The lowest BCUT2D eigenvalue weighted by Crippen LogP contribution is -2.26. The largest absolute Gasteiger partial charge is 0.356 e. The second-order valence-electron chi connectivity index (χ2n) is 10.4. The van der Waals surface area contributed by atoms with E-state index in [0.717, 1.165) is 56.9 Å². The lowest BCUT2D eigenvalue weighted by molar-refractivity contribution is 0.450. The molecule has 5 aromatic rings. The first-order valence-corrected chi connectivity index (χ1v) is 13.5. The van der Waals surface area contributed by atoms with Gasteiger partial charge >= 0.3 is 0 Å². The third kappa shape index (κ3) is 3.55. The number of rotatable bonds is 4. The van der Waals surface area contributed by atoms with Gasteiger partial charge in [0.25, 0.3) is 5.56 Å². The number of aryl methyl sites for hydroxylation is 1. The summed E-state index contributed by atoms with van der Waals surface area (Å²) in [5, 5.41) is 13.9. The van der Waals surface area contributed by atoms with Crippen molar-refractivity contribution in [3.05, 3.63) is 104 Å². The number of fused-ring (bicyclic) bond motifs is 4. The Labute approximate surface area is 232 Å². The van der Waals surface area contributed by atoms with E-state index in [2.05, 4.69) is 27.6 Å². The van der Waals surface area contributed by atoms with E-state index in [1.54, 1.807) is 23.0 Å². The first-order valence-electron chi connectivity index (χ1n) is 12.7. The van der Waals surface area contributed by atoms with Crippen molar-refractivity contribution in [1.29, 1.82) is 0 Å². The zero-order valence-corrected chi connectivity index (χ0v) is 22.2. The molecule has 1 saturated carbocycles. The Hall–Kier alpha value is -4.01. The summed E-state index contributed by atoms with van der Waals surface area (Å²) in [5.41, 5.74) is 8.17. The second-order valence-corrected chi connectivity index (χ2v) is 11.2. The van der Waals surface area contributed by atoms with E-state index in [9.17, 15) is 4.79 Å². The molecule has 0 N–H and O–H groups in total. The van der Waals surface area contributed by atoms with Crippen LogP contribution >= 0.6 is 23.2 Å². The molecule has 0 spiro atoms. The quantitative estimate of drug-likeness (QED) is 0.260. The van der Waals surface area contributed by atoms with Crippen LogP contribution in [0.15, 0.2) is 80.8 Å². The van der Waals surface area contributed by atoms with E-state index in [1.165, 1.54) is 5.57 Å². The Morgan fingerprint density at radius 3 is 2.79 bits per heavy atom. The van der Waals surface area contributed by atoms with Crippen LogP contribution in [0.1, 0.15) is 41.8 Å². The summed E-state index contributed by atoms with van der Waals surface area (Å²) in [5.74, 6) is 0.755. The van der Waals surface area contributed by atoms with Crippen LogP contribution in [0.2, 0.25) is 10.2 Å². The molecule has 2 aliphatic heterocycles. The van der Waals surface area contributed by atoms with Gasteiger partial charge in [-0.15, -0.1) is 5.10 Å². The summed E-state index contributed by atoms with van der Waals surface area (Å²) in [6, 6.07) is 15.4. The highest BCUT2D eigenvalue weighted by Crippen LogP contribution is 2.61. The van der Waals surface area contributed by atoms with Gasteiger partial charge in [0.05, 0.1) is 29.3 Å². The Morgan fingerprint density at radius 1 is 1.05 bits per heavy atom. The van der Waals surface area contributed by atoms with Crippen LogP contribution in [0.4, 0.5) is 0 Å². The minimum absolute atomic E-state index is 0.0111. The van der Waals surface area contributed by atoms with Crippen molar-refractivity contribution >= 4 is 39.9 Å². The van der Waals surface area contributed by atoms with Crippen molar-refractivity contribution in [2.45, 2.75) is 31.7 Å². The number of pyridine rings is 1. The fourth-order valence-corrected chi connectivity index (χ4v) is 6.52. The van der Waals surface area contributed by atoms with Crippen LogP contribution in [0.5, 0.6) is 0 Å². The van der Waals surface area contributed by atoms with E-state index in [1.807, 2.05) is 42.0 Å². The van der Waals surface area contributed by atoms with Gasteiger partial charge in [0.1, 0.15) is 0 Å². The van der Waals surface area contributed by atoms with Crippen molar-refractivity contribution in [1.82, 2.24) is 24.7 Å². The number of allylic oxidation sites excluding steroid dienone is 1. The van der Waals surface area contributed by atoms with E-state index in [0.29, 0.717) is 23.3 Å². The molecule has 3 aliphatic rings. The van der Waals surface area contributed by atoms with Crippen LogP contribution in [0.3, 0.4) is 0 Å². The van der Waals surface area contributed by atoms with Gasteiger partial charge in [0.2, 0.25) is 0 Å². The predicted octanol–water partition coefficient (Wildman–Crippen LogP) is 6.29. The molecule has 192 valence electrons. The summed E-state index contributed by atoms with van der Waals surface area (Å²) in [6.07, 6.45) is 5.34. The van der Waals surface area contributed by atoms with Crippen LogP contribution in [0, 0.1) is 12.8 Å². The van der Waals surface area contributed by atoms with Gasteiger partial charge in [-0.1, -0.05) is 39.6 Å². The molecule has 0 radical (unpaired) electrons. The van der Waals surface area contributed by atoms with Crippen molar-refractivity contribution in [3.8, 4) is 16.8 Å². The number of hydrogen-bond acceptors (Lipinski definition) is 6. The molecule has 5 heterocycles.